The standard InChI is InChI=1S/C16H17NO2S/c1-11-10-17(6-7-20-11)16(19)14-8-12-4-2-3-5-13(12)9-15(14)18/h2-5,8-9,11,18H,6-7,10H2,1H3. The highest BCUT2D eigenvalue weighted by Crippen LogP contribution is 2.27. The first-order valence-corrected chi connectivity index (χ1v) is 7.82. The van der Waals surface area contributed by atoms with Gasteiger partial charge in [0, 0.05) is 24.1 Å². The Labute approximate surface area is 122 Å². The summed E-state index contributed by atoms with van der Waals surface area (Å²) in [5.74, 6) is 0.960. The fourth-order valence-corrected chi connectivity index (χ4v) is 3.59. The van der Waals surface area contributed by atoms with Gasteiger partial charge in [-0.25, -0.2) is 0 Å². The SMILES string of the molecule is CC1CN(C(=O)c2cc3ccccc3cc2O)CCS1. The minimum absolute atomic E-state index is 0.0691. The molecule has 0 saturated carbocycles. The van der Waals surface area contributed by atoms with Gasteiger partial charge in [-0.3, -0.25) is 4.79 Å². The smallest absolute Gasteiger partial charge is 0.257 e. The second kappa shape index (κ2) is 5.37. The number of fused-ring (bicyclic) bond motifs is 1. The molecular weight excluding hydrogens is 270 g/mol. The Bertz CT molecular complexity index is 656. The average Bonchev–Trinajstić information content (AvgIpc) is 2.46. The van der Waals surface area contributed by atoms with E-state index in [0.29, 0.717) is 10.8 Å². The summed E-state index contributed by atoms with van der Waals surface area (Å²) in [7, 11) is 0. The number of amides is 1. The van der Waals surface area contributed by atoms with E-state index in [-0.39, 0.29) is 11.7 Å². The molecule has 1 amide bonds. The Morgan fingerprint density at radius 2 is 2.00 bits per heavy atom. The van der Waals surface area contributed by atoms with Crippen molar-refractivity contribution in [3.05, 3.63) is 42.0 Å². The normalized spacial score (nSPS) is 19.2. The number of phenolic OH excluding ortho intramolecular Hbond substituents is 1. The second-order valence-electron chi connectivity index (χ2n) is 5.15. The summed E-state index contributed by atoms with van der Waals surface area (Å²) in [6.45, 7) is 3.63. The molecule has 1 heterocycles. The van der Waals surface area contributed by atoms with Crippen molar-refractivity contribution in [2.75, 3.05) is 18.8 Å². The molecule has 104 valence electrons. The van der Waals surface area contributed by atoms with Crippen LogP contribution in [-0.4, -0.2) is 40.0 Å². The van der Waals surface area contributed by atoms with Crippen molar-refractivity contribution in [2.45, 2.75) is 12.2 Å². The third kappa shape index (κ3) is 2.48. The van der Waals surface area contributed by atoms with Crippen molar-refractivity contribution < 1.29 is 9.90 Å². The molecule has 1 aliphatic rings. The molecule has 2 aromatic carbocycles. The van der Waals surface area contributed by atoms with Gasteiger partial charge in [-0.15, -0.1) is 0 Å². The first-order valence-electron chi connectivity index (χ1n) is 6.78. The summed E-state index contributed by atoms with van der Waals surface area (Å²) in [4.78, 5) is 14.4. The fourth-order valence-electron chi connectivity index (χ4n) is 2.57. The van der Waals surface area contributed by atoms with Crippen molar-refractivity contribution in [1.29, 1.82) is 0 Å². The van der Waals surface area contributed by atoms with Gasteiger partial charge in [-0.1, -0.05) is 31.2 Å². The third-order valence-corrected chi connectivity index (χ3v) is 4.76. The van der Waals surface area contributed by atoms with E-state index >= 15 is 0 Å². The van der Waals surface area contributed by atoms with Crippen LogP contribution in [0.3, 0.4) is 0 Å². The van der Waals surface area contributed by atoms with Crippen LogP contribution < -0.4 is 0 Å². The van der Waals surface area contributed by atoms with Crippen LogP contribution in [-0.2, 0) is 0 Å². The predicted molar refractivity (Wildman–Crippen MR) is 83.4 cm³/mol. The molecule has 3 rings (SSSR count). The summed E-state index contributed by atoms with van der Waals surface area (Å²) in [6, 6.07) is 11.2. The lowest BCUT2D eigenvalue weighted by Crippen LogP contribution is -2.41. The third-order valence-electron chi connectivity index (χ3n) is 3.62. The zero-order chi connectivity index (χ0) is 14.1. The molecule has 20 heavy (non-hydrogen) atoms. The maximum absolute atomic E-state index is 12.6. The molecule has 4 heteroatoms. The molecule has 1 atom stereocenters. The fraction of sp³-hybridized carbons (Fsp3) is 0.312. The number of hydrogen-bond acceptors (Lipinski definition) is 3. The quantitative estimate of drug-likeness (QED) is 0.876. The first kappa shape index (κ1) is 13.3. The molecule has 1 fully saturated rings. The number of carbonyl (C=O) groups excluding carboxylic acids is 1. The van der Waals surface area contributed by atoms with Crippen LogP contribution in [0.4, 0.5) is 0 Å². The molecule has 3 nitrogen and oxygen atoms in total. The minimum Gasteiger partial charge on any atom is -0.507 e. The number of nitrogens with zero attached hydrogens (tertiary/aromatic N) is 1. The highest BCUT2D eigenvalue weighted by atomic mass is 32.2. The number of carbonyl (C=O) groups is 1. The number of benzene rings is 2. The van der Waals surface area contributed by atoms with Crippen molar-refractivity contribution in [3.63, 3.8) is 0 Å². The van der Waals surface area contributed by atoms with Crippen molar-refractivity contribution in [2.24, 2.45) is 0 Å². The number of thioether (sulfide) groups is 1. The van der Waals surface area contributed by atoms with E-state index in [9.17, 15) is 9.90 Å². The Kier molecular flexibility index (Phi) is 3.57. The molecule has 1 saturated heterocycles. The molecule has 1 aliphatic heterocycles. The average molecular weight is 287 g/mol. The number of hydrogen-bond donors (Lipinski definition) is 1. The van der Waals surface area contributed by atoms with Crippen LogP contribution in [0.2, 0.25) is 0 Å². The van der Waals surface area contributed by atoms with Gasteiger partial charge in [0.15, 0.2) is 0 Å². The maximum atomic E-state index is 12.6. The number of aromatic hydroxyl groups is 1. The number of rotatable bonds is 1. The van der Waals surface area contributed by atoms with Gasteiger partial charge >= 0.3 is 0 Å². The Morgan fingerprint density at radius 1 is 1.30 bits per heavy atom. The van der Waals surface area contributed by atoms with Crippen LogP contribution >= 0.6 is 11.8 Å². The summed E-state index contributed by atoms with van der Waals surface area (Å²) in [5.41, 5.74) is 0.405. The monoisotopic (exact) mass is 287 g/mol. The maximum Gasteiger partial charge on any atom is 0.257 e. The molecular formula is C16H17NO2S. The van der Waals surface area contributed by atoms with Gasteiger partial charge in [0.1, 0.15) is 5.75 Å². The van der Waals surface area contributed by atoms with E-state index < -0.39 is 0 Å². The van der Waals surface area contributed by atoms with Crippen molar-refractivity contribution >= 4 is 28.4 Å². The molecule has 0 aliphatic carbocycles. The Balaban J connectivity index is 1.96. The molecule has 0 bridgehead atoms. The second-order valence-corrected chi connectivity index (χ2v) is 6.70. The van der Waals surface area contributed by atoms with Gasteiger partial charge in [-0.05, 0) is 22.9 Å². The molecule has 1 N–H and O–H groups in total. The van der Waals surface area contributed by atoms with Crippen molar-refractivity contribution in [3.8, 4) is 5.75 Å². The van der Waals surface area contributed by atoms with E-state index in [4.69, 9.17) is 0 Å². The number of phenols is 1. The summed E-state index contributed by atoms with van der Waals surface area (Å²) in [6.07, 6.45) is 0. The molecule has 2 aromatic rings. The minimum atomic E-state index is -0.0691. The van der Waals surface area contributed by atoms with Gasteiger partial charge in [-0.2, -0.15) is 11.8 Å². The van der Waals surface area contributed by atoms with Gasteiger partial charge in [0.2, 0.25) is 0 Å². The van der Waals surface area contributed by atoms with E-state index in [1.807, 2.05) is 40.9 Å². The lowest BCUT2D eigenvalue weighted by molar-refractivity contribution is 0.0760. The van der Waals surface area contributed by atoms with E-state index in [1.54, 1.807) is 12.1 Å². The first-order chi connectivity index (χ1) is 9.65. The topological polar surface area (TPSA) is 40.5 Å². The van der Waals surface area contributed by atoms with Gasteiger partial charge < -0.3 is 10.0 Å². The lowest BCUT2D eigenvalue weighted by Gasteiger charge is -2.30. The van der Waals surface area contributed by atoms with Gasteiger partial charge in [0.25, 0.3) is 5.91 Å². The molecule has 0 radical (unpaired) electrons. The van der Waals surface area contributed by atoms with E-state index in [2.05, 4.69) is 6.92 Å². The predicted octanol–water partition coefficient (Wildman–Crippen LogP) is 3.12. The zero-order valence-corrected chi connectivity index (χ0v) is 12.2. The van der Waals surface area contributed by atoms with Crippen molar-refractivity contribution in [1.82, 2.24) is 4.90 Å². The van der Waals surface area contributed by atoms with E-state index in [0.717, 1.165) is 29.6 Å². The highest BCUT2D eigenvalue weighted by Gasteiger charge is 2.24. The molecule has 0 spiro atoms. The largest absolute Gasteiger partial charge is 0.507 e. The summed E-state index contributed by atoms with van der Waals surface area (Å²) in [5, 5.41) is 12.5. The van der Waals surface area contributed by atoms with Crippen LogP contribution in [0.1, 0.15) is 17.3 Å². The van der Waals surface area contributed by atoms with E-state index in [1.165, 1.54) is 0 Å². The Morgan fingerprint density at radius 3 is 2.70 bits per heavy atom. The zero-order valence-electron chi connectivity index (χ0n) is 11.4. The summed E-state index contributed by atoms with van der Waals surface area (Å²) >= 11 is 1.88. The van der Waals surface area contributed by atoms with Crippen LogP contribution in [0.15, 0.2) is 36.4 Å². The summed E-state index contributed by atoms with van der Waals surface area (Å²) < 4.78 is 0. The molecule has 0 aromatic heterocycles. The van der Waals surface area contributed by atoms with Gasteiger partial charge in [0.05, 0.1) is 5.56 Å². The Hall–Kier alpha value is -1.68. The highest BCUT2D eigenvalue weighted by molar-refractivity contribution is 7.99. The van der Waals surface area contributed by atoms with Crippen LogP contribution in [0.5, 0.6) is 5.75 Å². The lowest BCUT2D eigenvalue weighted by atomic mass is 10.0. The molecule has 1 unspecified atom stereocenters. The van der Waals surface area contributed by atoms with Crippen LogP contribution in [0, 0.1) is 0 Å². The van der Waals surface area contributed by atoms with Crippen LogP contribution in [0.25, 0.3) is 10.8 Å².